The van der Waals surface area contributed by atoms with Crippen molar-refractivity contribution in [2.45, 2.75) is 185 Å². The summed E-state index contributed by atoms with van der Waals surface area (Å²) in [7, 11) is -5.12. The Bertz CT molecular complexity index is 1010. The van der Waals surface area contributed by atoms with E-state index in [1.807, 2.05) is 12.2 Å². The lowest BCUT2D eigenvalue weighted by Crippen LogP contribution is -2.64. The molecular weight excluding hydrogens is 683 g/mol. The molecule has 1 aliphatic rings. The molecule has 0 amide bonds. The van der Waals surface area contributed by atoms with Crippen LogP contribution in [0.25, 0.3) is 0 Å². The second-order valence-corrected chi connectivity index (χ2v) is 14.8. The van der Waals surface area contributed by atoms with Crippen LogP contribution >= 0.6 is 7.82 Å². The van der Waals surface area contributed by atoms with Crippen LogP contribution in [0.1, 0.15) is 142 Å². The summed E-state index contributed by atoms with van der Waals surface area (Å²) in [6, 6.07) is 0. The number of aliphatic hydroxyl groups excluding tert-OH is 5. The fourth-order valence-corrected chi connectivity index (χ4v) is 6.61. The van der Waals surface area contributed by atoms with Gasteiger partial charge in [-0.2, -0.15) is 0 Å². The van der Waals surface area contributed by atoms with Crippen molar-refractivity contribution < 1.29 is 63.1 Å². The number of phosphoric ester groups is 1. The Morgan fingerprint density at radius 2 is 1.10 bits per heavy atom. The van der Waals surface area contributed by atoms with Crippen LogP contribution < -0.4 is 0 Å². The van der Waals surface area contributed by atoms with E-state index in [9.17, 15) is 44.6 Å². The summed E-state index contributed by atoms with van der Waals surface area (Å²) in [5, 5.41) is 49.8. The smallest absolute Gasteiger partial charge is 0.462 e. The molecule has 1 saturated carbocycles. The standard InChI is InChI=1S/C37H67O13P/c1-3-5-7-9-11-13-14-15-16-18-20-22-24-26-31(39)49-29(27-47-30(38)25-23-21-19-17-12-10-8-6-4-2)28-48-51(45,46)50-37-35(43)33(41)32(40)34(42)36(37)44/h15-16,20,22,29,32-37,40-44H,3-14,17-19,21,23-28H2,1-2H3,(H,45,46)/b16-15+,22-20+/t29?,32?,33-,34?,35?,36?,37?/m1/s1. The molecule has 0 aromatic heterocycles. The van der Waals surface area contributed by atoms with Crippen molar-refractivity contribution in [3.63, 3.8) is 0 Å². The highest BCUT2D eigenvalue weighted by Crippen LogP contribution is 2.47. The van der Waals surface area contributed by atoms with Crippen LogP contribution in [0.2, 0.25) is 0 Å². The lowest BCUT2D eigenvalue weighted by Gasteiger charge is -2.41. The average molecular weight is 751 g/mol. The van der Waals surface area contributed by atoms with E-state index in [-0.39, 0.29) is 12.8 Å². The van der Waals surface area contributed by atoms with Crippen LogP contribution in [0.15, 0.2) is 24.3 Å². The van der Waals surface area contributed by atoms with E-state index in [2.05, 4.69) is 26.0 Å². The number of unbranched alkanes of at least 4 members (excludes halogenated alkanes) is 14. The first-order chi connectivity index (χ1) is 24.4. The highest BCUT2D eigenvalue weighted by molar-refractivity contribution is 7.47. The summed E-state index contributed by atoms with van der Waals surface area (Å²) < 4.78 is 33.2. The fourth-order valence-electron chi connectivity index (χ4n) is 5.63. The Hall–Kier alpha value is -1.67. The minimum Gasteiger partial charge on any atom is -0.462 e. The highest BCUT2D eigenvalue weighted by atomic mass is 31.2. The largest absolute Gasteiger partial charge is 0.472 e. The van der Waals surface area contributed by atoms with E-state index in [4.69, 9.17) is 18.5 Å². The van der Waals surface area contributed by atoms with Gasteiger partial charge in [0, 0.05) is 12.8 Å². The summed E-state index contributed by atoms with van der Waals surface area (Å²) in [6.45, 7) is 3.17. The molecule has 51 heavy (non-hydrogen) atoms. The summed E-state index contributed by atoms with van der Waals surface area (Å²) in [4.78, 5) is 35.3. The first-order valence-electron chi connectivity index (χ1n) is 19.1. The molecule has 1 aliphatic carbocycles. The van der Waals surface area contributed by atoms with Gasteiger partial charge in [-0.05, 0) is 32.1 Å². The van der Waals surface area contributed by atoms with E-state index in [0.29, 0.717) is 12.8 Å². The van der Waals surface area contributed by atoms with Crippen molar-refractivity contribution in [3.05, 3.63) is 24.3 Å². The van der Waals surface area contributed by atoms with Crippen LogP contribution in [-0.2, 0) is 32.7 Å². The van der Waals surface area contributed by atoms with Crippen LogP contribution in [-0.4, -0.2) is 98.3 Å². The summed E-state index contributed by atoms with van der Waals surface area (Å²) in [6.07, 6.45) is 14.3. The number of hydrogen-bond donors (Lipinski definition) is 6. The Kier molecular flexibility index (Phi) is 26.7. The number of rotatable bonds is 30. The van der Waals surface area contributed by atoms with Crippen molar-refractivity contribution in [1.82, 2.24) is 0 Å². The van der Waals surface area contributed by atoms with Crippen LogP contribution in [0.5, 0.6) is 0 Å². The van der Waals surface area contributed by atoms with Gasteiger partial charge in [-0.25, -0.2) is 4.57 Å². The second kappa shape index (κ2) is 28.8. The predicted octanol–water partition coefficient (Wildman–Crippen LogP) is 5.72. The van der Waals surface area contributed by atoms with E-state index < -0.39 is 75.7 Å². The molecule has 14 heteroatoms. The number of allylic oxidation sites excluding steroid dienone is 4. The van der Waals surface area contributed by atoms with Gasteiger partial charge in [-0.3, -0.25) is 18.6 Å². The molecule has 13 nitrogen and oxygen atoms in total. The van der Waals surface area contributed by atoms with Crippen LogP contribution in [0.3, 0.4) is 0 Å². The first-order valence-corrected chi connectivity index (χ1v) is 20.6. The quantitative estimate of drug-likeness (QED) is 0.0225. The maximum absolute atomic E-state index is 12.7. The third-order valence-corrected chi connectivity index (χ3v) is 9.79. The van der Waals surface area contributed by atoms with Crippen molar-refractivity contribution in [2.24, 2.45) is 0 Å². The molecule has 0 spiro atoms. The highest BCUT2D eigenvalue weighted by Gasteiger charge is 2.51. The Morgan fingerprint density at radius 3 is 1.67 bits per heavy atom. The molecule has 1 rings (SSSR count). The first kappa shape index (κ1) is 47.4. The number of ether oxygens (including phenoxy) is 2. The lowest BCUT2D eigenvalue weighted by molar-refractivity contribution is -0.220. The van der Waals surface area contributed by atoms with Gasteiger partial charge in [0.15, 0.2) is 6.10 Å². The van der Waals surface area contributed by atoms with Crippen molar-refractivity contribution >= 4 is 19.8 Å². The fraction of sp³-hybridized carbons (Fsp3) is 0.838. The topological polar surface area (TPSA) is 210 Å². The number of carbonyl (C=O) groups is 2. The van der Waals surface area contributed by atoms with E-state index in [1.54, 1.807) is 0 Å². The predicted molar refractivity (Wildman–Crippen MR) is 193 cm³/mol. The minimum absolute atomic E-state index is 0.00723. The van der Waals surface area contributed by atoms with Crippen molar-refractivity contribution in [3.8, 4) is 0 Å². The summed E-state index contributed by atoms with van der Waals surface area (Å²) in [5.41, 5.74) is 0. The number of phosphoric acid groups is 1. The Balaban J connectivity index is 2.60. The molecule has 0 bridgehead atoms. The molecule has 0 aliphatic heterocycles. The molecule has 0 heterocycles. The maximum atomic E-state index is 12.7. The SMILES string of the molecule is CCCCCCCC/C=C/C/C=C/CCC(=O)OC(COC(=O)CCCCCCCCCCC)COP(=O)(O)OC1C(O)C(O)C(O)[C@@H](O)C1O. The van der Waals surface area contributed by atoms with E-state index in [0.717, 1.165) is 32.1 Å². The average Bonchev–Trinajstić information content (AvgIpc) is 3.10. The van der Waals surface area contributed by atoms with Crippen LogP contribution in [0.4, 0.5) is 0 Å². The lowest BCUT2D eigenvalue weighted by atomic mass is 9.85. The monoisotopic (exact) mass is 750 g/mol. The Labute approximate surface area is 305 Å². The Morgan fingerprint density at radius 1 is 0.608 bits per heavy atom. The number of esters is 2. The van der Waals surface area contributed by atoms with Crippen molar-refractivity contribution in [1.29, 1.82) is 0 Å². The van der Waals surface area contributed by atoms with Gasteiger partial charge in [0.1, 0.15) is 43.2 Å². The van der Waals surface area contributed by atoms with E-state index in [1.165, 1.54) is 70.6 Å². The molecule has 6 N–H and O–H groups in total. The van der Waals surface area contributed by atoms with Gasteiger partial charge in [-0.15, -0.1) is 0 Å². The molecule has 7 unspecified atom stereocenters. The van der Waals surface area contributed by atoms with Crippen molar-refractivity contribution in [2.75, 3.05) is 13.2 Å². The molecule has 0 saturated heterocycles. The molecule has 8 atom stereocenters. The molecule has 298 valence electrons. The summed E-state index contributed by atoms with van der Waals surface area (Å²) >= 11 is 0. The molecule has 1 fully saturated rings. The normalized spacial score (nSPS) is 24.2. The van der Waals surface area contributed by atoms with E-state index >= 15 is 0 Å². The third kappa shape index (κ3) is 22.2. The molecular formula is C37H67O13P. The number of carbonyl (C=O) groups excluding carboxylic acids is 2. The number of hydrogen-bond acceptors (Lipinski definition) is 12. The van der Waals surface area contributed by atoms with Gasteiger partial charge < -0.3 is 39.9 Å². The summed E-state index contributed by atoms with van der Waals surface area (Å²) in [5.74, 6) is -1.18. The van der Waals surface area contributed by atoms with Gasteiger partial charge in [-0.1, -0.05) is 122 Å². The van der Waals surface area contributed by atoms with Gasteiger partial charge in [0.05, 0.1) is 6.61 Å². The molecule has 0 radical (unpaired) electrons. The molecule has 0 aromatic rings. The van der Waals surface area contributed by atoms with Crippen LogP contribution in [0, 0.1) is 0 Å². The third-order valence-electron chi connectivity index (χ3n) is 8.81. The zero-order chi connectivity index (χ0) is 37.9. The zero-order valence-electron chi connectivity index (χ0n) is 30.9. The molecule has 0 aromatic carbocycles. The minimum atomic E-state index is -5.12. The van der Waals surface area contributed by atoms with Gasteiger partial charge in [0.2, 0.25) is 0 Å². The second-order valence-electron chi connectivity index (χ2n) is 13.4. The van der Waals surface area contributed by atoms with Gasteiger partial charge in [0.25, 0.3) is 0 Å². The maximum Gasteiger partial charge on any atom is 0.472 e. The number of aliphatic hydroxyl groups is 5. The van der Waals surface area contributed by atoms with Gasteiger partial charge >= 0.3 is 19.8 Å². The zero-order valence-corrected chi connectivity index (χ0v) is 31.8.